The first-order valence-electron chi connectivity index (χ1n) is 5.51. The molecule has 0 aliphatic heterocycles. The van der Waals surface area contributed by atoms with Crippen molar-refractivity contribution < 1.29 is 10.0 Å². The number of aromatic nitrogens is 2. The number of rotatable bonds is 2. The van der Waals surface area contributed by atoms with Crippen molar-refractivity contribution in [3.8, 4) is 0 Å². The van der Waals surface area contributed by atoms with Crippen molar-refractivity contribution in [2.75, 3.05) is 5.32 Å². The van der Waals surface area contributed by atoms with E-state index < -0.39 is 6.03 Å². The Kier molecular flexibility index (Phi) is 4.46. The number of amides is 2. The minimum Gasteiger partial charge on any atom is -0.409 e. The topological polar surface area (TPSA) is 99.5 Å². The molecule has 1 aromatic heterocycles. The number of carbonyl (C=O) groups excluding carboxylic acids is 1. The number of hydrogen-bond donors (Lipinski definition) is 3. The quantitative estimate of drug-likeness (QED) is 0.341. The number of amidine groups is 1. The number of carbonyl (C=O) groups is 1. The summed E-state index contributed by atoms with van der Waals surface area (Å²) < 4.78 is 0. The summed E-state index contributed by atoms with van der Waals surface area (Å²) in [5.74, 6) is -0.113. The molecule has 3 N–H and O–H groups in total. The van der Waals surface area contributed by atoms with E-state index in [1.165, 1.54) is 18.6 Å². The van der Waals surface area contributed by atoms with Crippen molar-refractivity contribution in [2.24, 2.45) is 5.16 Å². The molecule has 1 aromatic carbocycles. The van der Waals surface area contributed by atoms with Crippen molar-refractivity contribution >= 4 is 29.2 Å². The summed E-state index contributed by atoms with van der Waals surface area (Å²) in [4.78, 5) is 19.5. The molecular formula is C12H10ClN5O2. The molecule has 0 unspecified atom stereocenters. The van der Waals surface area contributed by atoms with E-state index in [9.17, 15) is 4.79 Å². The Hall–Kier alpha value is -2.67. The average molecular weight is 292 g/mol. The van der Waals surface area contributed by atoms with Crippen LogP contribution in [-0.4, -0.2) is 27.0 Å². The minimum atomic E-state index is -0.592. The molecule has 1 heterocycles. The lowest BCUT2D eigenvalue weighted by atomic mass is 10.3. The molecule has 0 spiro atoms. The smallest absolute Gasteiger partial charge is 0.324 e. The van der Waals surface area contributed by atoms with Gasteiger partial charge in [0.2, 0.25) is 5.84 Å². The monoisotopic (exact) mass is 291 g/mol. The van der Waals surface area contributed by atoms with Crippen molar-refractivity contribution in [2.45, 2.75) is 0 Å². The predicted octanol–water partition coefficient (Wildman–Crippen LogP) is 2.09. The van der Waals surface area contributed by atoms with Gasteiger partial charge in [-0.3, -0.25) is 10.3 Å². The van der Waals surface area contributed by atoms with Gasteiger partial charge in [0.05, 0.1) is 6.20 Å². The fraction of sp³-hybridized carbons (Fsp3) is 0. The Morgan fingerprint density at radius 1 is 1.35 bits per heavy atom. The van der Waals surface area contributed by atoms with Crippen LogP contribution < -0.4 is 10.6 Å². The molecular weight excluding hydrogens is 282 g/mol. The van der Waals surface area contributed by atoms with Gasteiger partial charge in [-0.05, 0) is 18.2 Å². The summed E-state index contributed by atoms with van der Waals surface area (Å²) >= 11 is 5.80. The number of oxime groups is 1. The molecule has 0 aliphatic rings. The summed E-state index contributed by atoms with van der Waals surface area (Å²) in [7, 11) is 0. The van der Waals surface area contributed by atoms with E-state index in [0.29, 0.717) is 10.7 Å². The molecule has 0 radical (unpaired) electrons. The Morgan fingerprint density at radius 2 is 2.20 bits per heavy atom. The maximum atomic E-state index is 11.8. The highest BCUT2D eigenvalue weighted by atomic mass is 35.5. The van der Waals surface area contributed by atoms with E-state index in [2.05, 4.69) is 25.8 Å². The zero-order valence-corrected chi connectivity index (χ0v) is 10.9. The predicted molar refractivity (Wildman–Crippen MR) is 74.0 cm³/mol. The van der Waals surface area contributed by atoms with Gasteiger partial charge in [-0.1, -0.05) is 22.8 Å². The number of urea groups is 1. The van der Waals surface area contributed by atoms with Gasteiger partial charge in [0.1, 0.15) is 5.69 Å². The van der Waals surface area contributed by atoms with Crippen molar-refractivity contribution in [1.82, 2.24) is 15.3 Å². The third kappa shape index (κ3) is 3.66. The fourth-order valence-electron chi connectivity index (χ4n) is 1.40. The summed E-state index contributed by atoms with van der Waals surface area (Å²) in [5.41, 5.74) is 0.739. The Morgan fingerprint density at radius 3 is 2.85 bits per heavy atom. The highest BCUT2D eigenvalue weighted by Gasteiger charge is 2.10. The van der Waals surface area contributed by atoms with Crippen LogP contribution in [0.2, 0.25) is 5.02 Å². The highest BCUT2D eigenvalue weighted by Crippen LogP contribution is 2.14. The molecule has 20 heavy (non-hydrogen) atoms. The molecule has 102 valence electrons. The first-order chi connectivity index (χ1) is 9.69. The van der Waals surface area contributed by atoms with Crippen LogP contribution in [0.15, 0.2) is 48.0 Å². The van der Waals surface area contributed by atoms with Crippen LogP contribution in [0.5, 0.6) is 0 Å². The molecule has 0 aliphatic carbocycles. The Bertz CT molecular complexity index is 633. The molecule has 2 aromatic rings. The van der Waals surface area contributed by atoms with Crippen molar-refractivity contribution in [3.63, 3.8) is 0 Å². The Balaban J connectivity index is 2.04. The van der Waals surface area contributed by atoms with Crippen LogP contribution in [0.3, 0.4) is 0 Å². The second-order valence-electron chi connectivity index (χ2n) is 3.63. The van der Waals surface area contributed by atoms with E-state index >= 15 is 0 Å². The standard InChI is InChI=1S/C12H10ClN5O2/c13-8-2-1-3-9(6-8)16-12(19)17-11(18-20)10-7-14-4-5-15-10/h1-7,20H,(H2,16,17,18,19). The summed E-state index contributed by atoms with van der Waals surface area (Å²) in [6.07, 6.45) is 4.23. The van der Waals surface area contributed by atoms with Gasteiger partial charge >= 0.3 is 6.03 Å². The molecule has 0 atom stereocenters. The SMILES string of the molecule is O=C(N/C(=N/O)c1cnccn1)Nc1cccc(Cl)c1. The lowest BCUT2D eigenvalue weighted by molar-refractivity contribution is 0.255. The van der Waals surface area contributed by atoms with Crippen molar-refractivity contribution in [3.05, 3.63) is 53.6 Å². The number of nitrogens with one attached hydrogen (secondary N) is 2. The maximum absolute atomic E-state index is 11.8. The first kappa shape index (κ1) is 13.8. The zero-order chi connectivity index (χ0) is 14.4. The second kappa shape index (κ2) is 6.48. The van der Waals surface area contributed by atoms with Gasteiger partial charge in [-0.15, -0.1) is 0 Å². The molecule has 0 bridgehead atoms. The third-order valence-electron chi connectivity index (χ3n) is 2.22. The van der Waals surface area contributed by atoms with E-state index in [4.69, 9.17) is 16.8 Å². The van der Waals surface area contributed by atoms with Crippen LogP contribution in [0.1, 0.15) is 5.69 Å². The number of anilines is 1. The van der Waals surface area contributed by atoms with Gasteiger partial charge in [0.15, 0.2) is 0 Å². The summed E-state index contributed by atoms with van der Waals surface area (Å²) in [5, 5.41) is 17.3. The number of nitrogens with zero attached hydrogens (tertiary/aromatic N) is 3. The van der Waals surface area contributed by atoms with E-state index in [0.717, 1.165) is 0 Å². The molecule has 7 nitrogen and oxygen atoms in total. The molecule has 0 saturated heterocycles. The van der Waals surface area contributed by atoms with Crippen LogP contribution in [0.25, 0.3) is 0 Å². The number of benzene rings is 1. The van der Waals surface area contributed by atoms with E-state index in [1.807, 2.05) is 0 Å². The second-order valence-corrected chi connectivity index (χ2v) is 4.07. The van der Waals surface area contributed by atoms with Gasteiger partial charge in [-0.2, -0.15) is 0 Å². The molecule has 0 saturated carbocycles. The van der Waals surface area contributed by atoms with Gasteiger partial charge in [0.25, 0.3) is 0 Å². The van der Waals surface area contributed by atoms with Crippen LogP contribution in [-0.2, 0) is 0 Å². The lowest BCUT2D eigenvalue weighted by Gasteiger charge is -2.08. The molecule has 8 heteroatoms. The highest BCUT2D eigenvalue weighted by molar-refractivity contribution is 6.30. The van der Waals surface area contributed by atoms with Gasteiger partial charge in [0, 0.05) is 23.1 Å². The van der Waals surface area contributed by atoms with E-state index in [1.54, 1.807) is 24.3 Å². The third-order valence-corrected chi connectivity index (χ3v) is 2.46. The zero-order valence-electron chi connectivity index (χ0n) is 10.1. The Labute approximate surface area is 119 Å². The largest absolute Gasteiger partial charge is 0.409 e. The van der Waals surface area contributed by atoms with Crippen LogP contribution in [0.4, 0.5) is 10.5 Å². The molecule has 0 fully saturated rings. The van der Waals surface area contributed by atoms with Gasteiger partial charge in [-0.25, -0.2) is 9.78 Å². The first-order valence-corrected chi connectivity index (χ1v) is 5.89. The molecule has 2 amide bonds. The average Bonchev–Trinajstić information content (AvgIpc) is 2.45. The van der Waals surface area contributed by atoms with E-state index in [-0.39, 0.29) is 11.5 Å². The van der Waals surface area contributed by atoms with Gasteiger partial charge < -0.3 is 10.5 Å². The normalized spacial score (nSPS) is 10.9. The summed E-state index contributed by atoms with van der Waals surface area (Å²) in [6.45, 7) is 0. The molecule has 2 rings (SSSR count). The number of hydrogen-bond acceptors (Lipinski definition) is 5. The van der Waals surface area contributed by atoms with Crippen LogP contribution >= 0.6 is 11.6 Å². The number of halogens is 1. The summed E-state index contributed by atoms with van der Waals surface area (Å²) in [6, 6.07) is 6.04. The van der Waals surface area contributed by atoms with Crippen molar-refractivity contribution in [1.29, 1.82) is 0 Å². The fourth-order valence-corrected chi connectivity index (χ4v) is 1.59. The maximum Gasteiger partial charge on any atom is 0.324 e. The minimum absolute atomic E-state index is 0.113. The lowest BCUT2D eigenvalue weighted by Crippen LogP contribution is -2.35. The van der Waals surface area contributed by atoms with Crippen LogP contribution in [0, 0.1) is 0 Å².